The first-order chi connectivity index (χ1) is 16.0. The fraction of sp³-hybridized carbons (Fsp3) is 0.308. The Hall–Kier alpha value is -3.58. The van der Waals surface area contributed by atoms with E-state index in [1.165, 1.54) is 6.26 Å². The fourth-order valence-electron chi connectivity index (χ4n) is 3.97. The maximum Gasteiger partial charge on any atom is 0.287 e. The largest absolute Gasteiger partial charge is 0.459 e. The molecule has 7 nitrogen and oxygen atoms in total. The van der Waals surface area contributed by atoms with Gasteiger partial charge in [0.1, 0.15) is 6.04 Å². The molecule has 1 saturated heterocycles. The van der Waals surface area contributed by atoms with Crippen LogP contribution in [-0.4, -0.2) is 56.0 Å². The van der Waals surface area contributed by atoms with Crippen LogP contribution < -0.4 is 15.5 Å². The van der Waals surface area contributed by atoms with E-state index in [9.17, 15) is 9.59 Å². The van der Waals surface area contributed by atoms with Gasteiger partial charge in [-0.2, -0.15) is 0 Å². The van der Waals surface area contributed by atoms with Crippen LogP contribution in [0.1, 0.15) is 21.7 Å². The number of carbonyl (C=O) groups is 2. The number of rotatable bonds is 7. The number of piperazine rings is 1. The highest BCUT2D eigenvalue weighted by Crippen LogP contribution is 2.24. The van der Waals surface area contributed by atoms with Gasteiger partial charge in [-0.15, -0.1) is 0 Å². The molecular formula is C26H30N4O3. The average molecular weight is 447 g/mol. The second-order valence-corrected chi connectivity index (χ2v) is 8.47. The lowest BCUT2D eigenvalue weighted by Crippen LogP contribution is -2.45. The van der Waals surface area contributed by atoms with Crippen molar-refractivity contribution in [2.75, 3.05) is 43.4 Å². The Morgan fingerprint density at radius 1 is 1.00 bits per heavy atom. The summed E-state index contributed by atoms with van der Waals surface area (Å²) in [7, 11) is 2.14. The summed E-state index contributed by atoms with van der Waals surface area (Å²) < 4.78 is 5.19. The molecule has 1 aliphatic rings. The monoisotopic (exact) mass is 446 g/mol. The standard InChI is InChI=1S/C26H30N4O3/c1-19-17-21(30-14-12-29(2)13-15-30)10-11-22(19)27-25(31)23(18-20-7-4-3-5-8-20)28-26(32)24-9-6-16-33-24/h3-11,16-17,23H,12-15,18H2,1-2H3,(H,27,31)(H,28,32). The Balaban J connectivity index is 1.48. The van der Waals surface area contributed by atoms with Crippen LogP contribution in [0.5, 0.6) is 0 Å². The van der Waals surface area contributed by atoms with Crippen LogP contribution in [0.25, 0.3) is 0 Å². The molecule has 0 spiro atoms. The maximum absolute atomic E-state index is 13.2. The third-order valence-corrected chi connectivity index (χ3v) is 5.99. The van der Waals surface area contributed by atoms with Crippen molar-refractivity contribution in [2.45, 2.75) is 19.4 Å². The van der Waals surface area contributed by atoms with Gasteiger partial charge in [-0.05, 0) is 55.4 Å². The van der Waals surface area contributed by atoms with Crippen LogP contribution in [0.15, 0.2) is 71.3 Å². The van der Waals surface area contributed by atoms with E-state index < -0.39 is 11.9 Å². The van der Waals surface area contributed by atoms with E-state index in [-0.39, 0.29) is 11.7 Å². The Kier molecular flexibility index (Phi) is 7.10. The molecule has 1 atom stereocenters. The molecule has 2 amide bonds. The van der Waals surface area contributed by atoms with Gasteiger partial charge in [0.25, 0.3) is 5.91 Å². The normalized spacial score (nSPS) is 15.2. The number of nitrogens with zero attached hydrogens (tertiary/aromatic N) is 2. The summed E-state index contributed by atoms with van der Waals surface area (Å²) in [6.07, 6.45) is 1.81. The predicted octanol–water partition coefficient (Wildman–Crippen LogP) is 3.32. The smallest absolute Gasteiger partial charge is 0.287 e. The molecule has 1 aliphatic heterocycles. The predicted molar refractivity (Wildman–Crippen MR) is 130 cm³/mol. The van der Waals surface area contributed by atoms with Crippen molar-refractivity contribution in [1.29, 1.82) is 0 Å². The molecule has 4 rings (SSSR count). The molecule has 33 heavy (non-hydrogen) atoms. The minimum absolute atomic E-state index is 0.175. The van der Waals surface area contributed by atoms with E-state index in [0.717, 1.165) is 48.7 Å². The highest BCUT2D eigenvalue weighted by atomic mass is 16.3. The van der Waals surface area contributed by atoms with Gasteiger partial charge >= 0.3 is 0 Å². The third-order valence-electron chi connectivity index (χ3n) is 5.99. The summed E-state index contributed by atoms with van der Waals surface area (Å²) in [4.78, 5) is 30.5. The zero-order valence-corrected chi connectivity index (χ0v) is 19.1. The van der Waals surface area contributed by atoms with Gasteiger partial charge in [0.05, 0.1) is 6.26 Å². The zero-order valence-electron chi connectivity index (χ0n) is 19.1. The second-order valence-electron chi connectivity index (χ2n) is 8.47. The highest BCUT2D eigenvalue weighted by molar-refractivity contribution is 6.00. The number of amides is 2. The number of carbonyl (C=O) groups excluding carboxylic acids is 2. The third kappa shape index (κ3) is 5.81. The molecule has 0 bridgehead atoms. The molecule has 0 saturated carbocycles. The van der Waals surface area contributed by atoms with Gasteiger partial charge in [0, 0.05) is 44.0 Å². The fourth-order valence-corrected chi connectivity index (χ4v) is 3.97. The second kappa shape index (κ2) is 10.4. The lowest BCUT2D eigenvalue weighted by molar-refractivity contribution is -0.118. The summed E-state index contributed by atoms with van der Waals surface area (Å²) in [6.45, 7) is 6.03. The van der Waals surface area contributed by atoms with E-state index >= 15 is 0 Å². The number of aryl methyl sites for hydroxylation is 1. The molecule has 0 aliphatic carbocycles. The van der Waals surface area contributed by atoms with E-state index in [0.29, 0.717) is 6.42 Å². The van der Waals surface area contributed by atoms with Crippen LogP contribution in [0.4, 0.5) is 11.4 Å². The number of likely N-dealkylation sites (N-methyl/N-ethyl adjacent to an activating group) is 1. The number of anilines is 2. The molecular weight excluding hydrogens is 416 g/mol. The Morgan fingerprint density at radius 3 is 2.42 bits per heavy atom. The molecule has 2 heterocycles. The summed E-state index contributed by atoms with van der Waals surface area (Å²) >= 11 is 0. The molecule has 7 heteroatoms. The number of hydrogen-bond acceptors (Lipinski definition) is 5. The van der Waals surface area contributed by atoms with Gasteiger partial charge < -0.3 is 24.9 Å². The number of nitrogens with one attached hydrogen (secondary N) is 2. The van der Waals surface area contributed by atoms with Gasteiger partial charge in [-0.1, -0.05) is 30.3 Å². The van der Waals surface area contributed by atoms with Gasteiger partial charge in [-0.25, -0.2) is 0 Å². The Labute approximate surface area is 194 Å². The van der Waals surface area contributed by atoms with Crippen LogP contribution in [0, 0.1) is 6.92 Å². The molecule has 2 aromatic carbocycles. The number of hydrogen-bond donors (Lipinski definition) is 2. The molecule has 172 valence electrons. The summed E-state index contributed by atoms with van der Waals surface area (Å²) in [5.41, 5.74) is 3.84. The van der Waals surface area contributed by atoms with Gasteiger partial charge in [0.2, 0.25) is 5.91 Å². The van der Waals surface area contributed by atoms with E-state index in [1.54, 1.807) is 12.1 Å². The van der Waals surface area contributed by atoms with E-state index in [1.807, 2.05) is 49.4 Å². The van der Waals surface area contributed by atoms with E-state index in [4.69, 9.17) is 4.42 Å². The quantitative estimate of drug-likeness (QED) is 0.582. The van der Waals surface area contributed by atoms with Gasteiger partial charge in [-0.3, -0.25) is 9.59 Å². The topological polar surface area (TPSA) is 77.8 Å². The van der Waals surface area contributed by atoms with Crippen molar-refractivity contribution in [2.24, 2.45) is 0 Å². The SMILES string of the molecule is Cc1cc(N2CCN(C)CC2)ccc1NC(=O)C(Cc1ccccc1)NC(=O)c1ccco1. The molecule has 1 unspecified atom stereocenters. The Morgan fingerprint density at radius 2 is 1.76 bits per heavy atom. The van der Waals surface area contributed by atoms with Crippen LogP contribution in [0.3, 0.4) is 0 Å². The minimum atomic E-state index is -0.748. The van der Waals surface area contributed by atoms with Crippen molar-refractivity contribution < 1.29 is 14.0 Å². The molecule has 0 radical (unpaired) electrons. The minimum Gasteiger partial charge on any atom is -0.459 e. The molecule has 1 aromatic heterocycles. The summed E-state index contributed by atoms with van der Waals surface area (Å²) in [5, 5.41) is 5.82. The first-order valence-electron chi connectivity index (χ1n) is 11.2. The summed E-state index contributed by atoms with van der Waals surface area (Å²) in [5.74, 6) is -0.513. The van der Waals surface area contributed by atoms with Crippen molar-refractivity contribution in [3.63, 3.8) is 0 Å². The number of benzene rings is 2. The number of furan rings is 1. The average Bonchev–Trinajstić information content (AvgIpc) is 3.36. The first kappa shape index (κ1) is 22.6. The van der Waals surface area contributed by atoms with Gasteiger partial charge in [0.15, 0.2) is 5.76 Å². The molecule has 1 fully saturated rings. The maximum atomic E-state index is 13.2. The van der Waals surface area contributed by atoms with E-state index in [2.05, 4.69) is 33.5 Å². The van der Waals surface area contributed by atoms with Crippen LogP contribution >= 0.6 is 0 Å². The van der Waals surface area contributed by atoms with Crippen molar-refractivity contribution in [3.8, 4) is 0 Å². The highest BCUT2D eigenvalue weighted by Gasteiger charge is 2.24. The lowest BCUT2D eigenvalue weighted by Gasteiger charge is -2.34. The van der Waals surface area contributed by atoms with Crippen molar-refractivity contribution in [3.05, 3.63) is 83.8 Å². The Bertz CT molecular complexity index is 1070. The van der Waals surface area contributed by atoms with Crippen molar-refractivity contribution in [1.82, 2.24) is 10.2 Å². The molecule has 3 aromatic rings. The first-order valence-corrected chi connectivity index (χ1v) is 11.2. The molecule has 2 N–H and O–H groups in total. The van der Waals surface area contributed by atoms with Crippen LogP contribution in [-0.2, 0) is 11.2 Å². The summed E-state index contributed by atoms with van der Waals surface area (Å²) in [6, 6.07) is 18.2. The van der Waals surface area contributed by atoms with Crippen LogP contribution in [0.2, 0.25) is 0 Å². The zero-order chi connectivity index (χ0) is 23.2. The lowest BCUT2D eigenvalue weighted by atomic mass is 10.0. The van der Waals surface area contributed by atoms with Crippen molar-refractivity contribution >= 4 is 23.2 Å².